The quantitative estimate of drug-likeness (QED) is 0.321. The van der Waals surface area contributed by atoms with Gasteiger partial charge in [-0.2, -0.15) is 0 Å². The summed E-state index contributed by atoms with van der Waals surface area (Å²) in [6.45, 7) is 0. The molecule has 2 aliphatic rings. The molecule has 1 heterocycles. The summed E-state index contributed by atoms with van der Waals surface area (Å²) in [7, 11) is 0. The van der Waals surface area contributed by atoms with E-state index in [4.69, 9.17) is 4.74 Å². The molecule has 1 aliphatic heterocycles. The van der Waals surface area contributed by atoms with Gasteiger partial charge in [0.2, 0.25) is 0 Å². The van der Waals surface area contributed by atoms with Gasteiger partial charge in [0.15, 0.2) is 0 Å². The first-order valence-corrected chi connectivity index (χ1v) is 6.77. The number of ether oxygens (including phenoxy) is 1. The molecule has 1 aliphatic carbocycles. The molecule has 0 amide bonds. The number of benzene rings is 4. The molecule has 4 aromatic rings. The van der Waals surface area contributed by atoms with Crippen molar-refractivity contribution in [3.63, 3.8) is 0 Å². The summed E-state index contributed by atoms with van der Waals surface area (Å²) in [5.41, 5.74) is 2.79. The van der Waals surface area contributed by atoms with Gasteiger partial charge in [0.25, 0.3) is 0 Å². The van der Waals surface area contributed by atoms with Crippen LogP contribution in [-0.4, -0.2) is 0 Å². The number of rotatable bonds is 0. The van der Waals surface area contributed by atoms with Crippen molar-refractivity contribution in [2.24, 2.45) is 0 Å². The third-order valence-corrected chi connectivity index (χ3v) is 4.80. The molecule has 0 N–H and O–H groups in total. The minimum atomic E-state index is 0.323. The number of epoxide rings is 1. The molecule has 0 saturated carbocycles. The predicted molar refractivity (Wildman–Crippen MR) is 76.7 cm³/mol. The molecular weight excluding hydrogens is 232 g/mol. The van der Waals surface area contributed by atoms with Gasteiger partial charge in [0.1, 0.15) is 12.2 Å². The van der Waals surface area contributed by atoms with Gasteiger partial charge in [-0.05, 0) is 49.5 Å². The van der Waals surface area contributed by atoms with Crippen molar-refractivity contribution in [2.75, 3.05) is 0 Å². The molecule has 0 aromatic heterocycles. The Morgan fingerprint density at radius 1 is 0.632 bits per heavy atom. The van der Waals surface area contributed by atoms with E-state index in [0.29, 0.717) is 12.2 Å². The van der Waals surface area contributed by atoms with Crippen molar-refractivity contribution in [3.05, 3.63) is 59.7 Å². The van der Waals surface area contributed by atoms with E-state index in [1.807, 2.05) is 0 Å². The lowest BCUT2D eigenvalue weighted by Gasteiger charge is -2.13. The van der Waals surface area contributed by atoms with Gasteiger partial charge in [-0.25, -0.2) is 0 Å². The van der Waals surface area contributed by atoms with E-state index in [2.05, 4.69) is 48.5 Å². The van der Waals surface area contributed by atoms with Crippen LogP contribution in [0, 0.1) is 0 Å². The van der Waals surface area contributed by atoms with Crippen molar-refractivity contribution >= 4 is 32.3 Å². The monoisotopic (exact) mass is 242 g/mol. The topological polar surface area (TPSA) is 12.5 Å². The second-order valence-electron chi connectivity index (χ2n) is 5.72. The predicted octanol–water partition coefficient (Wildman–Crippen LogP) is 4.71. The van der Waals surface area contributed by atoms with Crippen molar-refractivity contribution in [1.29, 1.82) is 0 Å². The lowest BCUT2D eigenvalue weighted by Crippen LogP contribution is -1.89. The number of hydrogen-bond acceptors (Lipinski definition) is 1. The van der Waals surface area contributed by atoms with Crippen molar-refractivity contribution in [1.82, 2.24) is 0 Å². The molecule has 1 heteroatoms. The summed E-state index contributed by atoms with van der Waals surface area (Å²) in [6.07, 6.45) is 0.652. The van der Waals surface area contributed by atoms with Crippen molar-refractivity contribution in [3.8, 4) is 0 Å². The van der Waals surface area contributed by atoms with Crippen LogP contribution in [0.5, 0.6) is 0 Å². The maximum Gasteiger partial charge on any atom is 0.114 e. The SMILES string of the molecule is c1cc2ccc3ccc4c5c(cc(c1)c2c35)[C@@H]1O[C@H]41. The van der Waals surface area contributed by atoms with Crippen LogP contribution in [0.3, 0.4) is 0 Å². The third-order valence-electron chi connectivity index (χ3n) is 4.80. The highest BCUT2D eigenvalue weighted by atomic mass is 16.6. The molecule has 0 spiro atoms. The first kappa shape index (κ1) is 8.89. The van der Waals surface area contributed by atoms with Gasteiger partial charge in [0, 0.05) is 0 Å². The maximum absolute atomic E-state index is 5.79. The number of hydrogen-bond donors (Lipinski definition) is 0. The van der Waals surface area contributed by atoms with Crippen LogP contribution in [0.25, 0.3) is 32.3 Å². The van der Waals surface area contributed by atoms with Gasteiger partial charge in [-0.3, -0.25) is 0 Å². The van der Waals surface area contributed by atoms with Crippen LogP contribution in [-0.2, 0) is 4.74 Å². The fourth-order valence-corrected chi connectivity index (χ4v) is 3.96. The fourth-order valence-electron chi connectivity index (χ4n) is 3.96. The van der Waals surface area contributed by atoms with E-state index in [-0.39, 0.29) is 0 Å². The summed E-state index contributed by atoms with van der Waals surface area (Å²) in [5, 5.41) is 8.36. The van der Waals surface area contributed by atoms with E-state index in [1.54, 1.807) is 0 Å². The fraction of sp³-hybridized carbons (Fsp3) is 0.111. The normalized spacial score (nSPS) is 23.6. The lowest BCUT2D eigenvalue weighted by atomic mass is 9.91. The van der Waals surface area contributed by atoms with Gasteiger partial charge in [-0.1, -0.05) is 42.5 Å². The molecule has 19 heavy (non-hydrogen) atoms. The third kappa shape index (κ3) is 0.853. The average molecular weight is 242 g/mol. The van der Waals surface area contributed by atoms with E-state index in [1.165, 1.54) is 43.4 Å². The summed E-state index contributed by atoms with van der Waals surface area (Å²) in [4.78, 5) is 0. The van der Waals surface area contributed by atoms with E-state index < -0.39 is 0 Å². The smallest absolute Gasteiger partial charge is 0.114 e. The molecule has 1 fully saturated rings. The van der Waals surface area contributed by atoms with Crippen LogP contribution in [0.1, 0.15) is 23.3 Å². The van der Waals surface area contributed by atoms with Crippen LogP contribution >= 0.6 is 0 Å². The zero-order chi connectivity index (χ0) is 12.1. The molecule has 88 valence electrons. The molecule has 0 radical (unpaired) electrons. The first-order valence-electron chi connectivity index (χ1n) is 6.77. The van der Waals surface area contributed by atoms with E-state index >= 15 is 0 Å². The Labute approximate surface area is 109 Å². The lowest BCUT2D eigenvalue weighted by molar-refractivity contribution is 0.374. The summed E-state index contributed by atoms with van der Waals surface area (Å²) in [5.74, 6) is 0. The Morgan fingerprint density at radius 3 is 2.32 bits per heavy atom. The average Bonchev–Trinajstić information content (AvgIpc) is 3.19. The first-order chi connectivity index (χ1) is 9.42. The van der Waals surface area contributed by atoms with Crippen LogP contribution in [0.2, 0.25) is 0 Å². The molecule has 1 saturated heterocycles. The highest BCUT2D eigenvalue weighted by molar-refractivity contribution is 6.25. The van der Waals surface area contributed by atoms with E-state index in [0.717, 1.165) is 0 Å². The van der Waals surface area contributed by atoms with Crippen LogP contribution in [0.4, 0.5) is 0 Å². The zero-order valence-electron chi connectivity index (χ0n) is 10.2. The molecule has 2 atom stereocenters. The Morgan fingerprint density at radius 2 is 1.37 bits per heavy atom. The highest BCUT2D eigenvalue weighted by Gasteiger charge is 2.49. The van der Waals surface area contributed by atoms with Crippen LogP contribution in [0.15, 0.2) is 48.5 Å². The molecule has 6 rings (SSSR count). The standard InChI is InChI=1S/C18H10O/c1-2-9-4-5-10-6-7-12-16-13(18-17(12)19-18)8-11(3-1)14(9)15(10)16/h1-8,17-18H/t17-,18+/m1/s1. The summed E-state index contributed by atoms with van der Waals surface area (Å²) in [6, 6.07) is 17.9. The summed E-state index contributed by atoms with van der Waals surface area (Å²) >= 11 is 0. The van der Waals surface area contributed by atoms with Crippen LogP contribution < -0.4 is 0 Å². The molecule has 0 unspecified atom stereocenters. The molecule has 1 nitrogen and oxygen atoms in total. The Kier molecular flexibility index (Phi) is 1.21. The largest absolute Gasteiger partial charge is 0.359 e. The van der Waals surface area contributed by atoms with Crippen molar-refractivity contribution < 1.29 is 4.74 Å². The van der Waals surface area contributed by atoms with Crippen molar-refractivity contribution in [2.45, 2.75) is 12.2 Å². The van der Waals surface area contributed by atoms with Gasteiger partial charge >= 0.3 is 0 Å². The second-order valence-corrected chi connectivity index (χ2v) is 5.72. The molecule has 4 aromatic carbocycles. The second kappa shape index (κ2) is 2.59. The Balaban J connectivity index is 2.06. The van der Waals surface area contributed by atoms with Gasteiger partial charge in [-0.15, -0.1) is 0 Å². The Hall–Kier alpha value is -2.12. The minimum Gasteiger partial charge on any atom is -0.359 e. The molecular formula is C18H10O. The maximum atomic E-state index is 5.79. The zero-order valence-corrected chi connectivity index (χ0v) is 10.2. The Bertz CT molecular complexity index is 999. The van der Waals surface area contributed by atoms with Gasteiger partial charge in [0.05, 0.1) is 0 Å². The number of fused-ring (bicyclic) bond motifs is 3. The summed E-state index contributed by atoms with van der Waals surface area (Å²) < 4.78 is 5.79. The highest BCUT2D eigenvalue weighted by Crippen LogP contribution is 2.61. The molecule has 0 bridgehead atoms. The van der Waals surface area contributed by atoms with E-state index in [9.17, 15) is 0 Å². The minimum absolute atomic E-state index is 0.323. The van der Waals surface area contributed by atoms with Gasteiger partial charge < -0.3 is 4.74 Å².